The number of Topliss-reactive ketones (excluding diaryl/α,β-unsaturated/α-hetero) is 1. The highest BCUT2D eigenvalue weighted by Crippen LogP contribution is 2.20. The molecule has 0 aromatic heterocycles. The lowest BCUT2D eigenvalue weighted by atomic mass is 10.1. The van der Waals surface area contributed by atoms with Gasteiger partial charge in [0.05, 0.1) is 5.02 Å². The van der Waals surface area contributed by atoms with Crippen LogP contribution >= 0.6 is 23.2 Å². The van der Waals surface area contributed by atoms with Gasteiger partial charge in [-0.05, 0) is 18.2 Å². The Morgan fingerprint density at radius 1 is 1.50 bits per heavy atom. The number of rotatable bonds is 3. The fourth-order valence-electron chi connectivity index (χ4n) is 0.843. The van der Waals surface area contributed by atoms with Crippen LogP contribution in [0.5, 0.6) is 0 Å². The van der Waals surface area contributed by atoms with E-state index in [-0.39, 0.29) is 10.6 Å². The number of hydrazone groups is 1. The van der Waals surface area contributed by atoms with Gasteiger partial charge < -0.3 is 0 Å². The number of ketones is 1. The van der Waals surface area contributed by atoms with Crippen molar-refractivity contribution in [1.29, 1.82) is 0 Å². The number of hydrogen-bond acceptors (Lipinski definition) is 1. The van der Waals surface area contributed by atoms with E-state index in [1.54, 1.807) is 6.07 Å². The predicted octanol–water partition coefficient (Wildman–Crippen LogP) is 1.26. The molecule has 0 bridgehead atoms. The van der Waals surface area contributed by atoms with Gasteiger partial charge in [-0.1, -0.05) is 23.2 Å². The molecule has 0 saturated heterocycles. The van der Waals surface area contributed by atoms with E-state index < -0.39 is 5.78 Å². The topological polar surface area (TPSA) is 65.7 Å². The van der Waals surface area contributed by atoms with Crippen molar-refractivity contribution in [3.63, 3.8) is 0 Å². The molecule has 0 aliphatic rings. The maximum absolute atomic E-state index is 11.3. The lowest BCUT2D eigenvalue weighted by Gasteiger charge is -1.99. The van der Waals surface area contributed by atoms with Gasteiger partial charge in [0.2, 0.25) is 0 Å². The minimum Gasteiger partial charge on any atom is -0.289 e. The van der Waals surface area contributed by atoms with Gasteiger partial charge in [0.25, 0.3) is 0 Å². The second-order valence-corrected chi connectivity index (χ2v) is 3.19. The lowest BCUT2D eigenvalue weighted by Crippen LogP contribution is -2.54. The van der Waals surface area contributed by atoms with Crippen LogP contribution in [-0.2, 0) is 0 Å². The Kier molecular flexibility index (Phi) is 3.73. The van der Waals surface area contributed by atoms with Crippen LogP contribution in [0.3, 0.4) is 0 Å². The van der Waals surface area contributed by atoms with Crippen molar-refractivity contribution in [3.05, 3.63) is 39.3 Å². The molecule has 1 aromatic rings. The molecule has 6 heteroatoms. The molecule has 0 fully saturated rings. The van der Waals surface area contributed by atoms with Gasteiger partial charge in [-0.2, -0.15) is 15.9 Å². The van der Waals surface area contributed by atoms with E-state index in [0.29, 0.717) is 5.02 Å². The highest BCUT2D eigenvalue weighted by Gasteiger charge is 2.07. The maximum atomic E-state index is 11.3. The van der Waals surface area contributed by atoms with Crippen molar-refractivity contribution in [1.82, 2.24) is 0 Å². The number of nitrogens with zero attached hydrogens (tertiary/aromatic N) is 2. The summed E-state index contributed by atoms with van der Waals surface area (Å²) in [5.74, 6) is -0.445. The summed E-state index contributed by atoms with van der Waals surface area (Å²) in [5, 5.41) is 5.31. The smallest absolute Gasteiger partial charge is 0.188 e. The SMILES string of the molecule is [N-]=[NH+]N=CC(=O)c1cc(Cl)ccc1Cl. The number of carbonyl (C=O) groups is 1. The summed E-state index contributed by atoms with van der Waals surface area (Å²) in [6.45, 7) is 0. The standard InChI is InChI=1S/C8H5Cl2N3O/c9-5-1-2-7(10)6(3-5)8(14)4-12-13-11/h1-4,13H. The molecule has 0 aliphatic heterocycles. The van der Waals surface area contributed by atoms with Crippen LogP contribution in [0.4, 0.5) is 0 Å². The van der Waals surface area contributed by atoms with E-state index in [4.69, 9.17) is 28.7 Å². The molecule has 1 aromatic carbocycles. The van der Waals surface area contributed by atoms with Crippen molar-refractivity contribution in [2.24, 2.45) is 5.10 Å². The molecule has 1 N–H and O–H groups in total. The van der Waals surface area contributed by atoms with Crippen molar-refractivity contribution < 1.29 is 10.0 Å². The van der Waals surface area contributed by atoms with Gasteiger partial charge in [0, 0.05) is 16.8 Å². The molecule has 0 heterocycles. The number of benzene rings is 1. The predicted molar refractivity (Wildman–Crippen MR) is 53.6 cm³/mol. The molecule has 0 unspecified atom stereocenters. The fraction of sp³-hybridized carbons (Fsp3) is 0. The van der Waals surface area contributed by atoms with Crippen LogP contribution in [0.25, 0.3) is 5.53 Å². The third-order valence-electron chi connectivity index (χ3n) is 1.43. The Morgan fingerprint density at radius 3 is 2.86 bits per heavy atom. The van der Waals surface area contributed by atoms with Gasteiger partial charge in [-0.3, -0.25) is 4.79 Å². The van der Waals surface area contributed by atoms with Gasteiger partial charge >= 0.3 is 0 Å². The summed E-state index contributed by atoms with van der Waals surface area (Å²) in [6, 6.07) is 4.51. The van der Waals surface area contributed by atoms with E-state index >= 15 is 0 Å². The second kappa shape index (κ2) is 4.83. The Bertz CT molecular complexity index is 404. The largest absolute Gasteiger partial charge is 0.289 e. The third kappa shape index (κ3) is 2.61. The van der Waals surface area contributed by atoms with Crippen LogP contribution in [-0.4, -0.2) is 12.0 Å². The van der Waals surface area contributed by atoms with Crippen LogP contribution in [0.1, 0.15) is 10.4 Å². The van der Waals surface area contributed by atoms with Crippen molar-refractivity contribution in [2.45, 2.75) is 0 Å². The molecule has 1 rings (SSSR count). The first-order chi connectivity index (χ1) is 6.65. The number of carbonyl (C=O) groups excluding carboxylic acids is 1. The molecule has 0 amide bonds. The van der Waals surface area contributed by atoms with Crippen molar-refractivity contribution in [3.8, 4) is 0 Å². The Labute approximate surface area is 90.0 Å². The summed E-state index contributed by atoms with van der Waals surface area (Å²) >= 11 is 11.4. The number of nitrogens with one attached hydrogen (secondary N) is 1. The minimum absolute atomic E-state index is 0.234. The van der Waals surface area contributed by atoms with Gasteiger partial charge in [0.15, 0.2) is 5.78 Å². The van der Waals surface area contributed by atoms with Crippen LogP contribution in [0, 0.1) is 0 Å². The molecule has 4 nitrogen and oxygen atoms in total. The summed E-state index contributed by atoms with van der Waals surface area (Å²) in [5.41, 5.74) is 8.36. The zero-order chi connectivity index (χ0) is 10.6. The molecule has 0 atom stereocenters. The van der Waals surface area contributed by atoms with E-state index in [2.05, 4.69) is 5.10 Å². The zero-order valence-corrected chi connectivity index (χ0v) is 8.38. The highest BCUT2D eigenvalue weighted by molar-refractivity contribution is 6.43. The first-order valence-electron chi connectivity index (χ1n) is 3.56. The molecular formula is C8H5Cl2N3O. The minimum atomic E-state index is -0.445. The molecule has 0 aliphatic carbocycles. The average molecular weight is 230 g/mol. The van der Waals surface area contributed by atoms with Crippen molar-refractivity contribution in [2.75, 3.05) is 0 Å². The summed E-state index contributed by atoms with van der Waals surface area (Å²) in [4.78, 5) is 11.3. The van der Waals surface area contributed by atoms with Crippen molar-refractivity contribution >= 4 is 35.2 Å². The zero-order valence-electron chi connectivity index (χ0n) is 6.87. The van der Waals surface area contributed by atoms with Crippen LogP contribution < -0.4 is 5.22 Å². The maximum Gasteiger partial charge on any atom is 0.188 e. The lowest BCUT2D eigenvalue weighted by molar-refractivity contribution is -0.485. The van der Waals surface area contributed by atoms with Crippen LogP contribution in [0.2, 0.25) is 10.0 Å². The average Bonchev–Trinajstić information content (AvgIpc) is 2.18. The number of hydrogen-bond donors (Lipinski definition) is 1. The quantitative estimate of drug-likeness (QED) is 0.361. The summed E-state index contributed by atoms with van der Waals surface area (Å²) in [7, 11) is 0. The Hall–Kier alpha value is -1.26. The second-order valence-electron chi connectivity index (χ2n) is 2.35. The number of halogens is 2. The van der Waals surface area contributed by atoms with E-state index in [0.717, 1.165) is 6.21 Å². The van der Waals surface area contributed by atoms with Gasteiger partial charge in [-0.25, -0.2) is 0 Å². The summed E-state index contributed by atoms with van der Waals surface area (Å²) in [6.07, 6.45) is 0.900. The van der Waals surface area contributed by atoms with Crippen LogP contribution in [0.15, 0.2) is 23.3 Å². The molecule has 0 radical (unpaired) electrons. The normalized spacial score (nSPS) is 10.4. The Morgan fingerprint density at radius 2 is 2.21 bits per heavy atom. The molecular weight excluding hydrogens is 225 g/mol. The first kappa shape index (κ1) is 10.8. The van der Waals surface area contributed by atoms with E-state index in [1.165, 1.54) is 17.4 Å². The molecule has 0 saturated carbocycles. The van der Waals surface area contributed by atoms with E-state index in [9.17, 15) is 4.79 Å². The fourth-order valence-corrected chi connectivity index (χ4v) is 1.23. The molecule has 0 spiro atoms. The monoisotopic (exact) mass is 229 g/mol. The molecule has 72 valence electrons. The van der Waals surface area contributed by atoms with Gasteiger partial charge in [0.1, 0.15) is 0 Å². The highest BCUT2D eigenvalue weighted by atomic mass is 35.5. The summed E-state index contributed by atoms with van der Waals surface area (Å²) < 4.78 is 0. The molecule has 14 heavy (non-hydrogen) atoms. The first-order valence-corrected chi connectivity index (χ1v) is 4.32. The third-order valence-corrected chi connectivity index (χ3v) is 2.00. The van der Waals surface area contributed by atoms with E-state index in [1.807, 2.05) is 0 Å². The Balaban J connectivity index is 3.05. The van der Waals surface area contributed by atoms with Gasteiger partial charge in [-0.15, -0.1) is 0 Å².